The average Bonchev–Trinajstić information content (AvgIpc) is 1.35. The van der Waals surface area contributed by atoms with Gasteiger partial charge < -0.3 is 0 Å². The Morgan fingerprint density at radius 2 is 1.83 bits per heavy atom. The van der Waals surface area contributed by atoms with Crippen molar-refractivity contribution in [3.63, 3.8) is 0 Å². The zero-order valence-electron chi connectivity index (χ0n) is 2.53. The SMILES string of the molecule is [O]=[Cr](=[O])([OH])[O][Bi]. The van der Waals surface area contributed by atoms with Crippen LogP contribution >= 0.6 is 0 Å². The van der Waals surface area contributed by atoms with E-state index in [4.69, 9.17) is 4.16 Å². The van der Waals surface area contributed by atoms with Gasteiger partial charge in [-0.15, -0.1) is 0 Å². The molecule has 4 nitrogen and oxygen atoms in total. The molecule has 0 aliphatic carbocycles. The molecule has 6 heteroatoms. The van der Waals surface area contributed by atoms with Crippen molar-refractivity contribution in [2.24, 2.45) is 0 Å². The summed E-state index contributed by atoms with van der Waals surface area (Å²) in [5.74, 6) is 0. The molecule has 0 saturated carbocycles. The molecular formula is HBiCrO4. The van der Waals surface area contributed by atoms with Crippen LogP contribution in [0.5, 0.6) is 0 Å². The molecule has 0 bridgehead atoms. The van der Waals surface area contributed by atoms with Crippen molar-refractivity contribution in [1.82, 2.24) is 0 Å². The third-order valence-corrected chi connectivity index (χ3v) is 3.41. The first-order chi connectivity index (χ1) is 2.56. The molecule has 0 fully saturated rings. The van der Waals surface area contributed by atoms with Crippen LogP contribution in [0.25, 0.3) is 0 Å². The van der Waals surface area contributed by atoms with Crippen LogP contribution in [0.1, 0.15) is 0 Å². The molecule has 0 spiro atoms. The molecule has 0 rings (SSSR count). The molecule has 0 saturated heterocycles. The Kier molecular flexibility index (Phi) is 2.65. The van der Waals surface area contributed by atoms with Crippen LogP contribution in [-0.2, 0) is 23.1 Å². The maximum atomic E-state index is 9.43. The first-order valence-corrected chi connectivity index (χ1v) is 4.42. The normalized spacial score (nSPS) is 11.7. The summed E-state index contributed by atoms with van der Waals surface area (Å²) in [7, 11) is 0. The van der Waals surface area contributed by atoms with Crippen LogP contribution in [0.2, 0.25) is 0 Å². The van der Waals surface area contributed by atoms with E-state index in [1.165, 1.54) is 0 Å². The summed E-state index contributed by atoms with van der Waals surface area (Å²) >= 11 is -4.51. The molecule has 0 unspecified atom stereocenters. The monoisotopic (exact) mass is 326 g/mol. The van der Waals surface area contributed by atoms with Crippen molar-refractivity contribution in [1.29, 1.82) is 0 Å². The van der Waals surface area contributed by atoms with E-state index in [0.717, 1.165) is 0 Å². The molecule has 0 aliphatic rings. The molecule has 0 aromatic rings. The van der Waals surface area contributed by atoms with E-state index < -0.39 is 13.6 Å². The Balaban J connectivity index is 3.85. The fraction of sp³-hybridized carbons (Fsp3) is 0. The fourth-order valence-electron chi connectivity index (χ4n) is 0. The van der Waals surface area contributed by atoms with Crippen LogP contribution in [0.15, 0.2) is 0 Å². The quantitative estimate of drug-likeness (QED) is 0.612. The first-order valence-electron chi connectivity index (χ1n) is 0.865. The van der Waals surface area contributed by atoms with E-state index in [1.807, 2.05) is 0 Å². The third-order valence-electron chi connectivity index (χ3n) is 0.0942. The fourth-order valence-corrected chi connectivity index (χ4v) is 0. The van der Waals surface area contributed by atoms with Gasteiger partial charge >= 0.3 is 52.4 Å². The van der Waals surface area contributed by atoms with Crippen LogP contribution in [0.4, 0.5) is 0 Å². The van der Waals surface area contributed by atoms with E-state index >= 15 is 0 Å². The second-order valence-electron chi connectivity index (χ2n) is 0.502. The summed E-state index contributed by atoms with van der Waals surface area (Å²) in [5, 5.41) is 0. The van der Waals surface area contributed by atoms with Crippen LogP contribution in [0.3, 0.4) is 0 Å². The van der Waals surface area contributed by atoms with Gasteiger partial charge in [-0.05, 0) is 0 Å². The van der Waals surface area contributed by atoms with Crippen LogP contribution < -0.4 is 0 Å². The average molecular weight is 326 g/mol. The second-order valence-corrected chi connectivity index (χ2v) is 4.46. The number of hydrogen-bond donors (Lipinski definition) is 1. The molecule has 0 aromatic carbocycles. The van der Waals surface area contributed by atoms with Crippen molar-refractivity contribution in [2.75, 3.05) is 0 Å². The van der Waals surface area contributed by atoms with Crippen molar-refractivity contribution in [2.45, 2.75) is 0 Å². The predicted molar refractivity (Wildman–Crippen MR) is 10.4 cm³/mol. The zero-order chi connectivity index (χ0) is 5.21. The summed E-state index contributed by atoms with van der Waals surface area (Å²) in [6, 6.07) is 0. The van der Waals surface area contributed by atoms with Gasteiger partial charge in [0.2, 0.25) is 0 Å². The molecule has 36 valence electrons. The van der Waals surface area contributed by atoms with Crippen molar-refractivity contribution < 1.29 is 27.2 Å². The van der Waals surface area contributed by atoms with Gasteiger partial charge in [0, 0.05) is 0 Å². The summed E-state index contributed by atoms with van der Waals surface area (Å²) in [6.45, 7) is 0. The van der Waals surface area contributed by atoms with Crippen LogP contribution in [0, 0.1) is 0 Å². The van der Waals surface area contributed by atoms with E-state index in [2.05, 4.69) is 1.86 Å². The molecule has 1 N–H and O–H groups in total. The minimum atomic E-state index is -4.73. The molecule has 0 atom stereocenters. The Morgan fingerprint density at radius 1 is 1.67 bits per heavy atom. The maximum absolute atomic E-state index is 9.43. The molecule has 0 heterocycles. The van der Waals surface area contributed by atoms with Gasteiger partial charge in [0.25, 0.3) is 0 Å². The molecule has 0 amide bonds. The summed E-state index contributed by atoms with van der Waals surface area (Å²) in [6.07, 6.45) is 0. The standard InChI is InChI=1S/Bi.Cr.H2O.3O/h;;1H2;;;/q;+1;;;;/p-1. The van der Waals surface area contributed by atoms with E-state index in [0.29, 0.717) is 0 Å². The second kappa shape index (κ2) is 2.30. The van der Waals surface area contributed by atoms with E-state index in [9.17, 15) is 7.61 Å². The zero-order valence-corrected chi connectivity index (χ0v) is 7.28. The molecule has 0 aliphatic heterocycles. The van der Waals surface area contributed by atoms with Crippen molar-refractivity contribution in [3.05, 3.63) is 0 Å². The van der Waals surface area contributed by atoms with Crippen molar-refractivity contribution in [3.8, 4) is 0 Å². The van der Waals surface area contributed by atoms with Gasteiger partial charge in [0.15, 0.2) is 0 Å². The van der Waals surface area contributed by atoms with Gasteiger partial charge in [-0.3, -0.25) is 0 Å². The Labute approximate surface area is 52.3 Å². The molecular weight excluding hydrogens is 325 g/mol. The first kappa shape index (κ1) is 6.94. The van der Waals surface area contributed by atoms with E-state index in [1.54, 1.807) is 0 Å². The summed E-state index contributed by atoms with van der Waals surface area (Å²) in [5.41, 5.74) is 0. The van der Waals surface area contributed by atoms with Gasteiger partial charge in [0.05, 0.1) is 0 Å². The molecule has 6 heavy (non-hydrogen) atoms. The predicted octanol–water partition coefficient (Wildman–Crippen LogP) is -1.25. The Bertz CT molecular complexity index is 110. The summed E-state index contributed by atoms with van der Waals surface area (Å²) in [4.78, 5) is 0. The summed E-state index contributed by atoms with van der Waals surface area (Å²) < 4.78 is 30.2. The van der Waals surface area contributed by atoms with Crippen molar-refractivity contribution >= 4 is 25.2 Å². The Hall–Kier alpha value is 0.936. The van der Waals surface area contributed by atoms with Gasteiger partial charge in [-0.25, -0.2) is 0 Å². The minimum absolute atomic E-state index is 0.215. The number of rotatable bonds is 1. The van der Waals surface area contributed by atoms with Gasteiger partial charge in [-0.2, -0.15) is 0 Å². The topological polar surface area (TPSA) is 63.6 Å². The van der Waals surface area contributed by atoms with E-state index in [-0.39, 0.29) is 25.2 Å². The third kappa shape index (κ3) is 4.94. The van der Waals surface area contributed by atoms with Crippen LogP contribution in [-0.4, -0.2) is 29.3 Å². The molecule has 2 radical (unpaired) electrons. The van der Waals surface area contributed by atoms with Gasteiger partial charge in [-0.1, -0.05) is 0 Å². The number of hydrogen-bond acceptors (Lipinski definition) is 3. The van der Waals surface area contributed by atoms with Gasteiger partial charge in [0.1, 0.15) is 0 Å². The Morgan fingerprint density at radius 3 is 1.83 bits per heavy atom. The molecule has 0 aromatic heterocycles.